The number of imidazole rings is 1. The predicted molar refractivity (Wildman–Crippen MR) is 80.4 cm³/mol. The van der Waals surface area contributed by atoms with Crippen molar-refractivity contribution in [2.45, 2.75) is 11.6 Å². The molecule has 20 heavy (non-hydrogen) atoms. The highest BCUT2D eigenvalue weighted by molar-refractivity contribution is 7.99. The first-order valence-electron chi connectivity index (χ1n) is 6.54. The molecule has 2 aromatic heterocycles. The van der Waals surface area contributed by atoms with Crippen molar-refractivity contribution in [2.75, 3.05) is 25.1 Å². The standard InChI is InChI=1S/C13H17N3O2S2/c1-20(17,18)15-7-5-11(9-15)10-19-13-14-8-12-4-2-3-6-16(12)13/h2-4,6,8,11H,5,7,9-10H2,1H3. The molecule has 0 amide bonds. The van der Waals surface area contributed by atoms with Crippen molar-refractivity contribution in [3.05, 3.63) is 30.6 Å². The van der Waals surface area contributed by atoms with Gasteiger partial charge in [0.2, 0.25) is 10.0 Å². The Bertz CT molecular complexity index is 711. The van der Waals surface area contributed by atoms with Crippen LogP contribution in [0.15, 0.2) is 35.7 Å². The SMILES string of the molecule is CS(=O)(=O)N1CCC(CSc2ncc3ccccn23)C1. The summed E-state index contributed by atoms with van der Waals surface area (Å²) >= 11 is 1.70. The highest BCUT2D eigenvalue weighted by Gasteiger charge is 2.28. The molecule has 1 atom stereocenters. The van der Waals surface area contributed by atoms with Crippen molar-refractivity contribution in [2.24, 2.45) is 5.92 Å². The average Bonchev–Trinajstić information content (AvgIpc) is 3.02. The van der Waals surface area contributed by atoms with Crippen molar-refractivity contribution >= 4 is 27.3 Å². The van der Waals surface area contributed by atoms with E-state index in [1.807, 2.05) is 30.6 Å². The third kappa shape index (κ3) is 2.84. The molecule has 1 aliphatic heterocycles. The third-order valence-electron chi connectivity index (χ3n) is 3.57. The number of rotatable bonds is 4. The van der Waals surface area contributed by atoms with E-state index in [0.29, 0.717) is 19.0 Å². The second-order valence-electron chi connectivity index (χ2n) is 5.12. The van der Waals surface area contributed by atoms with Gasteiger partial charge in [0.05, 0.1) is 18.0 Å². The molecule has 3 rings (SSSR count). The van der Waals surface area contributed by atoms with Crippen LogP contribution in [0.2, 0.25) is 0 Å². The van der Waals surface area contributed by atoms with Crippen LogP contribution in [0.5, 0.6) is 0 Å². The Labute approximate surface area is 123 Å². The van der Waals surface area contributed by atoms with Crippen LogP contribution in [0, 0.1) is 5.92 Å². The van der Waals surface area contributed by atoms with Crippen LogP contribution in [0.1, 0.15) is 6.42 Å². The number of pyridine rings is 1. The van der Waals surface area contributed by atoms with Crippen molar-refractivity contribution in [1.29, 1.82) is 0 Å². The zero-order chi connectivity index (χ0) is 14.2. The summed E-state index contributed by atoms with van der Waals surface area (Å²) in [6.45, 7) is 1.28. The van der Waals surface area contributed by atoms with Gasteiger partial charge < -0.3 is 0 Å². The second-order valence-corrected chi connectivity index (χ2v) is 8.09. The molecule has 108 valence electrons. The van der Waals surface area contributed by atoms with Gasteiger partial charge in [0.15, 0.2) is 5.16 Å². The summed E-state index contributed by atoms with van der Waals surface area (Å²) in [5.74, 6) is 1.31. The first kappa shape index (κ1) is 13.9. The van der Waals surface area contributed by atoms with Gasteiger partial charge in [0.25, 0.3) is 0 Å². The zero-order valence-electron chi connectivity index (χ0n) is 11.3. The molecular formula is C13H17N3O2S2. The number of hydrogen-bond donors (Lipinski definition) is 0. The Morgan fingerprint density at radius 2 is 2.30 bits per heavy atom. The number of thioether (sulfide) groups is 1. The molecule has 0 spiro atoms. The molecule has 1 aliphatic rings. The largest absolute Gasteiger partial charge is 0.295 e. The number of sulfonamides is 1. The highest BCUT2D eigenvalue weighted by Crippen LogP contribution is 2.26. The van der Waals surface area contributed by atoms with Gasteiger partial charge in [-0.3, -0.25) is 4.40 Å². The van der Waals surface area contributed by atoms with Crippen molar-refractivity contribution in [3.63, 3.8) is 0 Å². The Balaban J connectivity index is 1.63. The van der Waals surface area contributed by atoms with E-state index >= 15 is 0 Å². The summed E-state index contributed by atoms with van der Waals surface area (Å²) in [4.78, 5) is 4.42. The zero-order valence-corrected chi connectivity index (χ0v) is 12.9. The smallest absolute Gasteiger partial charge is 0.211 e. The first-order valence-corrected chi connectivity index (χ1v) is 9.37. The molecule has 2 aromatic rings. The molecule has 0 radical (unpaired) electrons. The second kappa shape index (κ2) is 5.38. The van der Waals surface area contributed by atoms with Gasteiger partial charge >= 0.3 is 0 Å². The van der Waals surface area contributed by atoms with Crippen LogP contribution in [0.25, 0.3) is 5.52 Å². The fourth-order valence-corrected chi connectivity index (χ4v) is 4.46. The number of nitrogens with zero attached hydrogens (tertiary/aromatic N) is 3. The quantitative estimate of drug-likeness (QED) is 0.807. The normalized spacial score (nSPS) is 20.8. The van der Waals surface area contributed by atoms with Gasteiger partial charge in [-0.25, -0.2) is 17.7 Å². The number of hydrogen-bond acceptors (Lipinski definition) is 4. The van der Waals surface area contributed by atoms with Crippen molar-refractivity contribution < 1.29 is 8.42 Å². The van der Waals surface area contributed by atoms with Crippen LogP contribution in [0.3, 0.4) is 0 Å². The van der Waals surface area contributed by atoms with E-state index in [4.69, 9.17) is 0 Å². The molecule has 0 N–H and O–H groups in total. The average molecular weight is 311 g/mol. The summed E-state index contributed by atoms with van der Waals surface area (Å²) < 4.78 is 26.6. The van der Waals surface area contributed by atoms with E-state index in [1.54, 1.807) is 16.1 Å². The maximum Gasteiger partial charge on any atom is 0.211 e. The van der Waals surface area contributed by atoms with Crippen molar-refractivity contribution in [1.82, 2.24) is 13.7 Å². The van der Waals surface area contributed by atoms with Gasteiger partial charge in [-0.2, -0.15) is 0 Å². The summed E-state index contributed by atoms with van der Waals surface area (Å²) in [6, 6.07) is 6.00. The van der Waals surface area contributed by atoms with Gasteiger partial charge in [-0.15, -0.1) is 0 Å². The first-order chi connectivity index (χ1) is 9.54. The third-order valence-corrected chi connectivity index (χ3v) is 6.04. The van der Waals surface area contributed by atoms with Gasteiger partial charge in [-0.05, 0) is 24.5 Å². The monoisotopic (exact) mass is 311 g/mol. The minimum Gasteiger partial charge on any atom is -0.295 e. The molecule has 1 fully saturated rings. The lowest BCUT2D eigenvalue weighted by atomic mass is 10.2. The van der Waals surface area contributed by atoms with Crippen LogP contribution < -0.4 is 0 Å². The van der Waals surface area contributed by atoms with E-state index in [2.05, 4.69) is 9.38 Å². The summed E-state index contributed by atoms with van der Waals surface area (Å²) in [6.07, 6.45) is 6.08. The lowest BCUT2D eigenvalue weighted by molar-refractivity contribution is 0.471. The molecule has 0 bridgehead atoms. The number of fused-ring (bicyclic) bond motifs is 1. The van der Waals surface area contributed by atoms with E-state index in [1.165, 1.54) is 6.26 Å². The molecule has 3 heterocycles. The fraction of sp³-hybridized carbons (Fsp3) is 0.462. The molecule has 7 heteroatoms. The highest BCUT2D eigenvalue weighted by atomic mass is 32.2. The van der Waals surface area contributed by atoms with Crippen LogP contribution in [-0.2, 0) is 10.0 Å². The lowest BCUT2D eigenvalue weighted by Crippen LogP contribution is -2.27. The van der Waals surface area contributed by atoms with Gasteiger partial charge in [0.1, 0.15) is 0 Å². The Hall–Kier alpha value is -1.05. The van der Waals surface area contributed by atoms with Crippen LogP contribution in [-0.4, -0.2) is 47.2 Å². The minimum atomic E-state index is -3.04. The van der Waals surface area contributed by atoms with E-state index in [9.17, 15) is 8.42 Å². The Morgan fingerprint density at radius 3 is 3.05 bits per heavy atom. The van der Waals surface area contributed by atoms with E-state index < -0.39 is 10.0 Å². The molecule has 1 unspecified atom stereocenters. The molecule has 0 aliphatic carbocycles. The Morgan fingerprint density at radius 1 is 1.45 bits per heavy atom. The van der Waals surface area contributed by atoms with Gasteiger partial charge in [0, 0.05) is 25.0 Å². The summed E-state index contributed by atoms with van der Waals surface area (Å²) in [5.41, 5.74) is 1.08. The molecule has 1 saturated heterocycles. The van der Waals surface area contributed by atoms with Crippen molar-refractivity contribution in [3.8, 4) is 0 Å². The van der Waals surface area contributed by atoms with Crippen LogP contribution >= 0.6 is 11.8 Å². The Kier molecular flexibility index (Phi) is 3.74. The van der Waals surface area contributed by atoms with E-state index in [0.717, 1.165) is 22.8 Å². The summed E-state index contributed by atoms with van der Waals surface area (Å²) in [7, 11) is -3.04. The van der Waals surface area contributed by atoms with Crippen LogP contribution in [0.4, 0.5) is 0 Å². The lowest BCUT2D eigenvalue weighted by Gasteiger charge is -2.12. The summed E-state index contributed by atoms with van der Waals surface area (Å²) in [5, 5.41) is 0.971. The maximum absolute atomic E-state index is 11.5. The number of aromatic nitrogens is 2. The fourth-order valence-electron chi connectivity index (χ4n) is 2.45. The molecule has 0 saturated carbocycles. The minimum absolute atomic E-state index is 0.408. The molecular weight excluding hydrogens is 294 g/mol. The van der Waals surface area contributed by atoms with E-state index in [-0.39, 0.29) is 0 Å². The predicted octanol–water partition coefficient (Wildman–Crippen LogP) is 1.71. The topological polar surface area (TPSA) is 54.7 Å². The maximum atomic E-state index is 11.5. The van der Waals surface area contributed by atoms with Gasteiger partial charge in [-0.1, -0.05) is 17.8 Å². The molecule has 0 aromatic carbocycles. The molecule has 5 nitrogen and oxygen atoms in total.